The van der Waals surface area contributed by atoms with Crippen LogP contribution in [-0.4, -0.2) is 29.9 Å². The highest BCUT2D eigenvalue weighted by Gasteiger charge is 2.13. The molecule has 6 nitrogen and oxygen atoms in total. The van der Waals surface area contributed by atoms with Gasteiger partial charge < -0.3 is 14.6 Å². The Balaban J connectivity index is 1.91. The maximum atomic E-state index is 12.0. The van der Waals surface area contributed by atoms with Crippen molar-refractivity contribution in [2.75, 3.05) is 6.61 Å². The number of hydrogen-bond acceptors (Lipinski definition) is 5. The molecule has 2 rings (SSSR count). The van der Waals surface area contributed by atoms with E-state index >= 15 is 0 Å². The van der Waals surface area contributed by atoms with E-state index in [4.69, 9.17) is 21.1 Å². The second-order valence-corrected chi connectivity index (χ2v) is 5.54. The molecule has 2 aromatic rings. The van der Waals surface area contributed by atoms with Crippen molar-refractivity contribution in [2.24, 2.45) is 5.10 Å². The summed E-state index contributed by atoms with van der Waals surface area (Å²) >= 11 is 5.80. The zero-order chi connectivity index (χ0) is 18.2. The molecule has 1 atom stereocenters. The number of hydrazone groups is 1. The third-order valence-corrected chi connectivity index (χ3v) is 3.42. The summed E-state index contributed by atoms with van der Waals surface area (Å²) in [5, 5.41) is 14.1. The Morgan fingerprint density at radius 1 is 1.32 bits per heavy atom. The van der Waals surface area contributed by atoms with Crippen molar-refractivity contribution in [1.82, 2.24) is 5.43 Å². The Hall–Kier alpha value is -2.73. The van der Waals surface area contributed by atoms with Crippen LogP contribution in [0.25, 0.3) is 0 Å². The molecule has 0 aliphatic rings. The molecule has 1 amide bonds. The van der Waals surface area contributed by atoms with E-state index in [1.165, 1.54) is 12.3 Å². The van der Waals surface area contributed by atoms with E-state index in [1.54, 1.807) is 43.3 Å². The second kappa shape index (κ2) is 8.94. The molecule has 2 aromatic carbocycles. The molecule has 132 valence electrons. The molecule has 0 aliphatic heterocycles. The van der Waals surface area contributed by atoms with Gasteiger partial charge in [0.05, 0.1) is 12.8 Å². The lowest BCUT2D eigenvalue weighted by atomic mass is 10.2. The highest BCUT2D eigenvalue weighted by atomic mass is 35.5. The molecule has 0 heterocycles. The summed E-state index contributed by atoms with van der Waals surface area (Å²) in [6, 6.07) is 11.5. The number of aromatic hydroxyl groups is 1. The first kappa shape index (κ1) is 18.6. The van der Waals surface area contributed by atoms with Gasteiger partial charge >= 0.3 is 0 Å². The van der Waals surface area contributed by atoms with E-state index in [0.717, 1.165) is 0 Å². The fourth-order valence-electron chi connectivity index (χ4n) is 1.91. The molecule has 0 aliphatic carbocycles. The molecule has 2 N–H and O–H groups in total. The number of nitrogens with one attached hydrogen (secondary N) is 1. The Morgan fingerprint density at radius 2 is 2.04 bits per heavy atom. The molecule has 0 aromatic heterocycles. The number of hydrogen-bond donors (Lipinski definition) is 2. The first-order valence-electron chi connectivity index (χ1n) is 7.70. The fourth-order valence-corrected chi connectivity index (χ4v) is 2.04. The van der Waals surface area contributed by atoms with E-state index in [0.29, 0.717) is 28.7 Å². The minimum Gasteiger partial charge on any atom is -0.504 e. The van der Waals surface area contributed by atoms with Gasteiger partial charge in [-0.15, -0.1) is 0 Å². The standard InChI is InChI=1S/C18H19ClN2O4/c1-3-24-17-10-13(4-9-16(17)22)11-20-21-18(23)12(2)25-15-7-5-14(19)6-8-15/h4-12,22H,3H2,1-2H3,(H,21,23). The Bertz CT molecular complexity index is 747. The average molecular weight is 363 g/mol. The van der Waals surface area contributed by atoms with Crippen molar-refractivity contribution >= 4 is 23.7 Å². The maximum absolute atomic E-state index is 12.0. The third kappa shape index (κ3) is 5.69. The molecule has 0 spiro atoms. The number of nitrogens with zero attached hydrogens (tertiary/aromatic N) is 1. The van der Waals surface area contributed by atoms with Crippen LogP contribution in [0.5, 0.6) is 17.2 Å². The number of rotatable bonds is 7. The van der Waals surface area contributed by atoms with Crippen LogP contribution >= 0.6 is 11.6 Å². The lowest BCUT2D eigenvalue weighted by Gasteiger charge is -2.12. The van der Waals surface area contributed by atoms with Gasteiger partial charge in [-0.25, -0.2) is 5.43 Å². The van der Waals surface area contributed by atoms with Crippen LogP contribution in [0.1, 0.15) is 19.4 Å². The summed E-state index contributed by atoms with van der Waals surface area (Å²) in [4.78, 5) is 12.0. The van der Waals surface area contributed by atoms with Gasteiger partial charge in [-0.05, 0) is 61.9 Å². The first-order valence-corrected chi connectivity index (χ1v) is 8.08. The van der Waals surface area contributed by atoms with E-state index in [-0.39, 0.29) is 5.75 Å². The quantitative estimate of drug-likeness (QED) is 0.584. The van der Waals surface area contributed by atoms with Crippen molar-refractivity contribution in [2.45, 2.75) is 20.0 Å². The van der Waals surface area contributed by atoms with Gasteiger partial charge in [0.15, 0.2) is 17.6 Å². The van der Waals surface area contributed by atoms with Gasteiger partial charge in [0.1, 0.15) is 5.75 Å². The summed E-state index contributed by atoms with van der Waals surface area (Å²) in [5.41, 5.74) is 3.08. The molecule has 0 saturated carbocycles. The van der Waals surface area contributed by atoms with E-state index in [2.05, 4.69) is 10.5 Å². The van der Waals surface area contributed by atoms with Gasteiger partial charge in [0.2, 0.25) is 0 Å². The summed E-state index contributed by atoms with van der Waals surface area (Å²) in [7, 11) is 0. The first-order chi connectivity index (χ1) is 12.0. The van der Waals surface area contributed by atoms with Crippen molar-refractivity contribution in [3.8, 4) is 17.2 Å². The van der Waals surface area contributed by atoms with Crippen molar-refractivity contribution < 1.29 is 19.4 Å². The van der Waals surface area contributed by atoms with Crippen LogP contribution in [0.2, 0.25) is 5.02 Å². The number of carbonyl (C=O) groups excluding carboxylic acids is 1. The number of amides is 1. The molecule has 0 fully saturated rings. The highest BCUT2D eigenvalue weighted by molar-refractivity contribution is 6.30. The van der Waals surface area contributed by atoms with Crippen molar-refractivity contribution in [3.05, 3.63) is 53.1 Å². The average Bonchev–Trinajstić information content (AvgIpc) is 2.59. The van der Waals surface area contributed by atoms with Gasteiger partial charge in [-0.3, -0.25) is 4.79 Å². The maximum Gasteiger partial charge on any atom is 0.280 e. The zero-order valence-electron chi connectivity index (χ0n) is 13.9. The Labute approximate surface area is 151 Å². The van der Waals surface area contributed by atoms with Crippen LogP contribution in [0.3, 0.4) is 0 Å². The SMILES string of the molecule is CCOc1cc(C=NNC(=O)C(C)Oc2ccc(Cl)cc2)ccc1O. The topological polar surface area (TPSA) is 80.2 Å². The van der Waals surface area contributed by atoms with Crippen molar-refractivity contribution in [1.29, 1.82) is 0 Å². The van der Waals surface area contributed by atoms with Crippen LogP contribution in [0.4, 0.5) is 0 Å². The summed E-state index contributed by atoms with van der Waals surface area (Å²) in [6.45, 7) is 3.88. The van der Waals surface area contributed by atoms with Gasteiger partial charge in [0, 0.05) is 5.02 Å². The van der Waals surface area contributed by atoms with Gasteiger partial charge in [0.25, 0.3) is 5.91 Å². The number of benzene rings is 2. The molecule has 0 radical (unpaired) electrons. The molecule has 0 bridgehead atoms. The van der Waals surface area contributed by atoms with Crippen LogP contribution < -0.4 is 14.9 Å². The summed E-state index contributed by atoms with van der Waals surface area (Å²) in [5.74, 6) is 0.552. The smallest absolute Gasteiger partial charge is 0.280 e. The number of ether oxygens (including phenoxy) is 2. The molecule has 7 heteroatoms. The van der Waals surface area contributed by atoms with E-state index in [1.807, 2.05) is 6.92 Å². The zero-order valence-corrected chi connectivity index (χ0v) is 14.7. The predicted molar refractivity (Wildman–Crippen MR) is 96.6 cm³/mol. The molecule has 0 saturated heterocycles. The Morgan fingerprint density at radius 3 is 2.72 bits per heavy atom. The number of carbonyl (C=O) groups is 1. The van der Waals surface area contributed by atoms with Crippen molar-refractivity contribution in [3.63, 3.8) is 0 Å². The number of halogens is 1. The Kier molecular flexibility index (Phi) is 6.65. The van der Waals surface area contributed by atoms with Gasteiger partial charge in [-0.2, -0.15) is 5.10 Å². The largest absolute Gasteiger partial charge is 0.504 e. The van der Waals surface area contributed by atoms with Crippen LogP contribution in [-0.2, 0) is 4.79 Å². The predicted octanol–water partition coefficient (Wildman–Crippen LogP) is 3.36. The van der Waals surface area contributed by atoms with Crippen LogP contribution in [0, 0.1) is 0 Å². The number of phenols is 1. The lowest BCUT2D eigenvalue weighted by molar-refractivity contribution is -0.127. The lowest BCUT2D eigenvalue weighted by Crippen LogP contribution is -2.33. The van der Waals surface area contributed by atoms with Crippen LogP contribution in [0.15, 0.2) is 47.6 Å². The molecular weight excluding hydrogens is 344 g/mol. The number of phenolic OH excluding ortho intramolecular Hbond substituents is 1. The molecule has 1 unspecified atom stereocenters. The second-order valence-electron chi connectivity index (χ2n) is 5.11. The van der Waals surface area contributed by atoms with E-state index in [9.17, 15) is 9.90 Å². The molecule has 25 heavy (non-hydrogen) atoms. The summed E-state index contributed by atoms with van der Waals surface area (Å²) in [6.07, 6.45) is 0.728. The molecular formula is C18H19ClN2O4. The monoisotopic (exact) mass is 362 g/mol. The minimum atomic E-state index is -0.725. The highest BCUT2D eigenvalue weighted by Crippen LogP contribution is 2.26. The fraction of sp³-hybridized carbons (Fsp3) is 0.222. The van der Waals surface area contributed by atoms with E-state index < -0.39 is 12.0 Å². The summed E-state index contributed by atoms with van der Waals surface area (Å²) < 4.78 is 10.8. The minimum absolute atomic E-state index is 0.0491. The normalized spacial score (nSPS) is 12.0. The van der Waals surface area contributed by atoms with Gasteiger partial charge in [-0.1, -0.05) is 11.6 Å². The third-order valence-electron chi connectivity index (χ3n) is 3.17.